The zero-order valence-electron chi connectivity index (χ0n) is 16.0. The summed E-state index contributed by atoms with van der Waals surface area (Å²) in [7, 11) is 4.77. The molecule has 2 aliphatic rings. The van der Waals surface area contributed by atoms with Gasteiger partial charge >= 0.3 is 0 Å². The Balaban J connectivity index is 0.00000210. The van der Waals surface area contributed by atoms with Crippen LogP contribution in [0.4, 0.5) is 0 Å². The highest BCUT2D eigenvalue weighted by Crippen LogP contribution is 2.44. The Hall–Kier alpha value is -1.78. The summed E-state index contributed by atoms with van der Waals surface area (Å²) < 4.78 is 1.16. The number of nitrogens with zero attached hydrogens (tertiary/aromatic N) is 1. The van der Waals surface area contributed by atoms with E-state index in [0.29, 0.717) is 5.92 Å². The summed E-state index contributed by atoms with van der Waals surface area (Å²) in [6.07, 6.45) is 7.47. The number of benzene rings is 2. The van der Waals surface area contributed by atoms with Gasteiger partial charge in [0.25, 0.3) is 0 Å². The fourth-order valence-corrected chi connectivity index (χ4v) is 5.00. The molecule has 3 nitrogen and oxygen atoms in total. The second-order valence-electron chi connectivity index (χ2n) is 8.43. The molecule has 0 aliphatic carbocycles. The van der Waals surface area contributed by atoms with E-state index in [4.69, 9.17) is 0 Å². The van der Waals surface area contributed by atoms with Crippen LogP contribution in [0.25, 0.3) is 5.57 Å². The van der Waals surface area contributed by atoms with Crippen LogP contribution in [0.2, 0.25) is 0 Å². The summed E-state index contributed by atoms with van der Waals surface area (Å²) in [5.41, 5.74) is 3.11. The molecule has 27 heavy (non-hydrogen) atoms. The van der Waals surface area contributed by atoms with Gasteiger partial charge in [-0.15, -0.1) is 0 Å². The summed E-state index contributed by atoms with van der Waals surface area (Å²) in [5.74, 6) is 1.09. The van der Waals surface area contributed by atoms with Crippen LogP contribution in [0.15, 0.2) is 54.6 Å². The predicted octanol–water partition coefficient (Wildman–Crippen LogP) is 1.55. The normalized spacial score (nSPS) is 25.5. The van der Waals surface area contributed by atoms with Gasteiger partial charge in [-0.05, 0) is 46.9 Å². The molecule has 0 unspecified atom stereocenters. The number of halogens is 1. The summed E-state index contributed by atoms with van der Waals surface area (Å²) in [6, 6.07) is 16.3. The summed E-state index contributed by atoms with van der Waals surface area (Å²) in [6.45, 7) is 0. The number of phenolic OH excluding ortho intramolecular Hbond substituents is 2. The first-order chi connectivity index (χ1) is 12.4. The lowest BCUT2D eigenvalue weighted by molar-refractivity contribution is -0.931. The SMILES string of the molecule is C[N+]1(C)[C@H]2CC[C@H]1CC(C=C(c1cccc(O)c1)c1cccc(O)c1)C2.[Br-]. The molecule has 4 rings (SSSR count). The molecular formula is C23H28BrNO2. The summed E-state index contributed by atoms with van der Waals surface area (Å²) in [5, 5.41) is 19.9. The minimum absolute atomic E-state index is 0. The van der Waals surface area contributed by atoms with Crippen LogP contribution in [0.5, 0.6) is 11.5 Å². The third-order valence-electron chi connectivity index (χ3n) is 6.58. The van der Waals surface area contributed by atoms with Crippen LogP contribution in [0, 0.1) is 5.92 Å². The van der Waals surface area contributed by atoms with Crippen molar-refractivity contribution in [2.45, 2.75) is 37.8 Å². The Morgan fingerprint density at radius 1 is 0.889 bits per heavy atom. The van der Waals surface area contributed by atoms with Crippen LogP contribution < -0.4 is 17.0 Å². The highest BCUT2D eigenvalue weighted by Gasteiger charge is 2.48. The maximum Gasteiger partial charge on any atom is 0.116 e. The smallest absolute Gasteiger partial charge is 0.116 e. The Kier molecular flexibility index (Phi) is 5.68. The molecule has 144 valence electrons. The molecule has 2 aromatic rings. The number of allylic oxidation sites excluding steroid dienone is 1. The minimum Gasteiger partial charge on any atom is -1.00 e. The minimum atomic E-state index is 0. The molecule has 2 N–H and O–H groups in total. The monoisotopic (exact) mass is 429 g/mol. The van der Waals surface area contributed by atoms with E-state index in [1.807, 2.05) is 36.4 Å². The van der Waals surface area contributed by atoms with Gasteiger partial charge in [-0.2, -0.15) is 0 Å². The van der Waals surface area contributed by atoms with Crippen molar-refractivity contribution in [2.75, 3.05) is 14.1 Å². The zero-order chi connectivity index (χ0) is 18.3. The van der Waals surface area contributed by atoms with Gasteiger partial charge in [0.15, 0.2) is 0 Å². The third-order valence-corrected chi connectivity index (χ3v) is 6.58. The van der Waals surface area contributed by atoms with Gasteiger partial charge in [0.2, 0.25) is 0 Å². The first kappa shape index (κ1) is 20.0. The van der Waals surface area contributed by atoms with Gasteiger partial charge in [0.1, 0.15) is 11.5 Å². The number of aromatic hydroxyl groups is 2. The van der Waals surface area contributed by atoms with Gasteiger partial charge in [-0.25, -0.2) is 0 Å². The Morgan fingerprint density at radius 2 is 1.37 bits per heavy atom. The van der Waals surface area contributed by atoms with Crippen LogP contribution in [0.3, 0.4) is 0 Å². The fraction of sp³-hybridized carbons (Fsp3) is 0.391. The first-order valence-corrected chi connectivity index (χ1v) is 9.57. The Labute approximate surface area is 172 Å². The van der Waals surface area contributed by atoms with E-state index in [-0.39, 0.29) is 28.5 Å². The fourth-order valence-electron chi connectivity index (χ4n) is 5.00. The molecule has 2 heterocycles. The van der Waals surface area contributed by atoms with Gasteiger partial charge in [-0.1, -0.05) is 30.3 Å². The number of fused-ring (bicyclic) bond motifs is 2. The Morgan fingerprint density at radius 3 is 1.81 bits per heavy atom. The predicted molar refractivity (Wildman–Crippen MR) is 105 cm³/mol. The highest BCUT2D eigenvalue weighted by atomic mass is 79.9. The standard InChI is InChI=1S/C23H27NO2.BrH/c1-24(2)19-9-10-20(24)12-16(11-19)13-23(17-5-3-7-21(25)14-17)18-6-4-8-22(26)15-18;/h3-8,13-16,19-20H,9-12H2,1-2H3,(H-,25,26);1H/t19-,20-;/m0./s1. The average Bonchev–Trinajstić information content (AvgIpc) is 2.77. The molecule has 0 spiro atoms. The molecule has 0 radical (unpaired) electrons. The summed E-state index contributed by atoms with van der Waals surface area (Å²) >= 11 is 0. The molecule has 2 atom stereocenters. The van der Waals surface area contributed by atoms with E-state index in [2.05, 4.69) is 20.2 Å². The van der Waals surface area contributed by atoms with Crippen molar-refractivity contribution in [3.8, 4) is 11.5 Å². The second-order valence-corrected chi connectivity index (χ2v) is 8.43. The van der Waals surface area contributed by atoms with Crippen molar-refractivity contribution in [3.05, 3.63) is 65.7 Å². The molecule has 2 aromatic carbocycles. The van der Waals surface area contributed by atoms with E-state index in [0.717, 1.165) is 33.3 Å². The molecule has 0 aromatic heterocycles. The average molecular weight is 430 g/mol. The van der Waals surface area contributed by atoms with Crippen LogP contribution in [-0.4, -0.2) is 40.9 Å². The van der Waals surface area contributed by atoms with Gasteiger partial charge in [0, 0.05) is 25.7 Å². The molecular weight excluding hydrogens is 402 g/mol. The largest absolute Gasteiger partial charge is 1.00 e. The first-order valence-electron chi connectivity index (χ1n) is 9.57. The number of hydrogen-bond acceptors (Lipinski definition) is 2. The van der Waals surface area contributed by atoms with E-state index in [9.17, 15) is 10.2 Å². The summed E-state index contributed by atoms with van der Waals surface area (Å²) in [4.78, 5) is 0. The molecule has 2 aliphatic heterocycles. The van der Waals surface area contributed by atoms with Gasteiger partial charge in [0.05, 0.1) is 26.2 Å². The highest BCUT2D eigenvalue weighted by molar-refractivity contribution is 5.81. The maximum absolute atomic E-state index is 9.95. The topological polar surface area (TPSA) is 40.5 Å². The van der Waals surface area contributed by atoms with Crippen molar-refractivity contribution < 1.29 is 31.7 Å². The van der Waals surface area contributed by atoms with E-state index < -0.39 is 0 Å². The number of rotatable bonds is 3. The van der Waals surface area contributed by atoms with Gasteiger partial charge < -0.3 is 31.7 Å². The number of phenols is 2. The maximum atomic E-state index is 9.95. The van der Waals surface area contributed by atoms with E-state index in [1.165, 1.54) is 25.7 Å². The van der Waals surface area contributed by atoms with Crippen molar-refractivity contribution >= 4 is 5.57 Å². The molecule has 4 heteroatoms. The van der Waals surface area contributed by atoms with Crippen molar-refractivity contribution in [1.82, 2.24) is 0 Å². The van der Waals surface area contributed by atoms with E-state index >= 15 is 0 Å². The number of quaternary nitrogens is 1. The van der Waals surface area contributed by atoms with Crippen molar-refractivity contribution in [2.24, 2.45) is 5.92 Å². The number of piperidine rings is 1. The molecule has 2 bridgehead atoms. The molecule has 2 saturated heterocycles. The second kappa shape index (κ2) is 7.69. The third kappa shape index (κ3) is 3.92. The molecule has 0 amide bonds. The quantitative estimate of drug-likeness (QED) is 0.726. The van der Waals surface area contributed by atoms with Crippen LogP contribution in [-0.2, 0) is 0 Å². The van der Waals surface area contributed by atoms with Crippen molar-refractivity contribution in [1.29, 1.82) is 0 Å². The lowest BCUT2D eigenvalue weighted by Gasteiger charge is -2.44. The Bertz CT molecular complexity index is 782. The molecule has 2 fully saturated rings. The van der Waals surface area contributed by atoms with Crippen LogP contribution >= 0.6 is 0 Å². The van der Waals surface area contributed by atoms with E-state index in [1.54, 1.807) is 12.1 Å². The van der Waals surface area contributed by atoms with Crippen molar-refractivity contribution in [3.63, 3.8) is 0 Å². The van der Waals surface area contributed by atoms with Crippen LogP contribution in [0.1, 0.15) is 36.8 Å². The molecule has 0 saturated carbocycles. The lowest BCUT2D eigenvalue weighted by atomic mass is 9.85. The zero-order valence-corrected chi connectivity index (χ0v) is 17.6. The lowest BCUT2D eigenvalue weighted by Crippen LogP contribution is -3.00. The number of hydrogen-bond donors (Lipinski definition) is 2. The van der Waals surface area contributed by atoms with Gasteiger partial charge in [-0.3, -0.25) is 0 Å².